The Morgan fingerprint density at radius 2 is 2.00 bits per heavy atom. The third-order valence-electron chi connectivity index (χ3n) is 3.17. The summed E-state index contributed by atoms with van der Waals surface area (Å²) >= 11 is 1.64. The van der Waals surface area contributed by atoms with Crippen LogP contribution < -0.4 is 10.5 Å². The summed E-state index contributed by atoms with van der Waals surface area (Å²) in [5.74, 6) is 0.901. The lowest BCUT2D eigenvalue weighted by Gasteiger charge is -2.14. The molecule has 0 fully saturated rings. The van der Waals surface area contributed by atoms with E-state index in [4.69, 9.17) is 10.5 Å². The molecule has 1 atom stereocenters. The van der Waals surface area contributed by atoms with Gasteiger partial charge in [-0.25, -0.2) is 4.98 Å². The molecule has 0 saturated carbocycles. The maximum absolute atomic E-state index is 6.23. The Bertz CT molecular complexity index is 580. The molecule has 0 aliphatic heterocycles. The van der Waals surface area contributed by atoms with Crippen molar-refractivity contribution in [3.05, 3.63) is 39.1 Å². The van der Waals surface area contributed by atoms with E-state index >= 15 is 0 Å². The molecular formula is C14H19N3OS. The molecule has 0 saturated heterocycles. The fraction of sp³-hybridized carbons (Fsp3) is 0.429. The van der Waals surface area contributed by atoms with Crippen molar-refractivity contribution in [2.24, 2.45) is 5.73 Å². The average molecular weight is 277 g/mol. The van der Waals surface area contributed by atoms with Crippen LogP contribution in [0, 0.1) is 20.8 Å². The molecule has 2 aromatic rings. The molecule has 0 spiro atoms. The van der Waals surface area contributed by atoms with Crippen molar-refractivity contribution < 1.29 is 4.74 Å². The molecular weight excluding hydrogens is 258 g/mol. The van der Waals surface area contributed by atoms with Gasteiger partial charge in [-0.3, -0.25) is 4.98 Å². The highest BCUT2D eigenvalue weighted by Crippen LogP contribution is 2.27. The number of thiazole rings is 1. The number of hydrogen-bond acceptors (Lipinski definition) is 5. The van der Waals surface area contributed by atoms with E-state index in [1.165, 1.54) is 0 Å². The van der Waals surface area contributed by atoms with Crippen LogP contribution in [0.25, 0.3) is 0 Å². The summed E-state index contributed by atoms with van der Waals surface area (Å²) in [6.45, 7) is 6.01. The van der Waals surface area contributed by atoms with Gasteiger partial charge in [0.05, 0.1) is 12.1 Å². The van der Waals surface area contributed by atoms with E-state index in [0.717, 1.165) is 32.5 Å². The van der Waals surface area contributed by atoms with Crippen molar-refractivity contribution in [3.8, 4) is 5.75 Å². The average Bonchev–Trinajstić information content (AvgIpc) is 2.80. The van der Waals surface area contributed by atoms with Crippen molar-refractivity contribution in [2.45, 2.75) is 33.2 Å². The lowest BCUT2D eigenvalue weighted by Crippen LogP contribution is -2.14. The van der Waals surface area contributed by atoms with Crippen LogP contribution in [0.5, 0.6) is 5.75 Å². The third kappa shape index (κ3) is 2.93. The van der Waals surface area contributed by atoms with Crippen LogP contribution in [0.1, 0.15) is 32.7 Å². The molecule has 5 heteroatoms. The number of aromatic nitrogens is 2. The fourth-order valence-electron chi connectivity index (χ4n) is 2.13. The monoisotopic (exact) mass is 277 g/mol. The van der Waals surface area contributed by atoms with E-state index in [0.29, 0.717) is 6.42 Å². The highest BCUT2D eigenvalue weighted by molar-refractivity contribution is 7.11. The highest BCUT2D eigenvalue weighted by atomic mass is 32.1. The number of hydrogen-bond donors (Lipinski definition) is 1. The number of nitrogens with two attached hydrogens (primary N) is 1. The summed E-state index contributed by atoms with van der Waals surface area (Å²) in [5.41, 5.74) is 9.33. The van der Waals surface area contributed by atoms with Gasteiger partial charge in [0.25, 0.3) is 0 Å². The van der Waals surface area contributed by atoms with E-state index in [1.807, 2.05) is 33.2 Å². The number of pyridine rings is 1. The van der Waals surface area contributed by atoms with Gasteiger partial charge in [0.15, 0.2) is 0 Å². The molecule has 102 valence electrons. The molecule has 0 aliphatic rings. The Morgan fingerprint density at radius 1 is 1.26 bits per heavy atom. The van der Waals surface area contributed by atoms with Gasteiger partial charge < -0.3 is 10.5 Å². The third-order valence-corrected chi connectivity index (χ3v) is 4.21. The summed E-state index contributed by atoms with van der Waals surface area (Å²) in [7, 11) is 1.69. The topological polar surface area (TPSA) is 61.0 Å². The smallest absolute Gasteiger partial charge is 0.128 e. The number of rotatable bonds is 4. The van der Waals surface area contributed by atoms with Crippen molar-refractivity contribution in [2.75, 3.05) is 7.11 Å². The van der Waals surface area contributed by atoms with Crippen molar-refractivity contribution in [3.63, 3.8) is 0 Å². The molecule has 19 heavy (non-hydrogen) atoms. The van der Waals surface area contributed by atoms with E-state index < -0.39 is 0 Å². The van der Waals surface area contributed by atoms with Crippen LogP contribution in [0.4, 0.5) is 0 Å². The Balaban J connectivity index is 2.24. The second kappa shape index (κ2) is 5.67. The molecule has 0 aliphatic carbocycles. The Morgan fingerprint density at radius 3 is 2.58 bits per heavy atom. The largest absolute Gasteiger partial charge is 0.496 e. The van der Waals surface area contributed by atoms with Gasteiger partial charge in [0, 0.05) is 46.6 Å². The fourth-order valence-corrected chi connectivity index (χ4v) is 2.92. The molecule has 0 bridgehead atoms. The van der Waals surface area contributed by atoms with Crippen LogP contribution >= 0.6 is 11.3 Å². The Kier molecular flexibility index (Phi) is 4.17. The van der Waals surface area contributed by atoms with Gasteiger partial charge in [-0.2, -0.15) is 0 Å². The summed E-state index contributed by atoms with van der Waals surface area (Å²) in [6, 6.07) is -0.0650. The maximum Gasteiger partial charge on any atom is 0.128 e. The predicted octanol–water partition coefficient (Wildman–Crippen LogP) is 2.71. The Hall–Kier alpha value is -1.46. The van der Waals surface area contributed by atoms with Crippen molar-refractivity contribution in [1.82, 2.24) is 9.97 Å². The lowest BCUT2D eigenvalue weighted by atomic mass is 10.0. The predicted molar refractivity (Wildman–Crippen MR) is 77.7 cm³/mol. The first-order valence-corrected chi connectivity index (χ1v) is 7.01. The lowest BCUT2D eigenvalue weighted by molar-refractivity contribution is 0.406. The molecule has 4 nitrogen and oxygen atoms in total. The summed E-state index contributed by atoms with van der Waals surface area (Å²) in [5, 5.41) is 1.04. The van der Waals surface area contributed by atoms with Crippen LogP contribution in [-0.4, -0.2) is 17.1 Å². The molecule has 1 unspecified atom stereocenters. The molecule has 2 N–H and O–H groups in total. The number of methoxy groups -OCH3 is 1. The Labute approximate surface area is 117 Å². The van der Waals surface area contributed by atoms with Crippen molar-refractivity contribution in [1.29, 1.82) is 0 Å². The van der Waals surface area contributed by atoms with Gasteiger partial charge in [-0.15, -0.1) is 11.3 Å². The normalized spacial score (nSPS) is 12.5. The van der Waals surface area contributed by atoms with E-state index in [2.05, 4.69) is 9.97 Å². The first kappa shape index (κ1) is 14.0. The first-order valence-electron chi connectivity index (χ1n) is 6.20. The van der Waals surface area contributed by atoms with Crippen LogP contribution in [0.3, 0.4) is 0 Å². The van der Waals surface area contributed by atoms with E-state index in [-0.39, 0.29) is 6.04 Å². The molecule has 2 heterocycles. The van der Waals surface area contributed by atoms with Gasteiger partial charge >= 0.3 is 0 Å². The zero-order valence-electron chi connectivity index (χ0n) is 11.7. The number of aryl methyl sites for hydroxylation is 2. The standard InChI is InChI=1S/C14H19N3OS/c1-8-6-17-12(9(2)14(8)18-4)5-11(15)13-7-16-10(3)19-13/h6-7,11H,5,15H2,1-4H3. The van der Waals surface area contributed by atoms with Gasteiger partial charge in [0.1, 0.15) is 5.75 Å². The molecule has 2 aromatic heterocycles. The van der Waals surface area contributed by atoms with Gasteiger partial charge in [0.2, 0.25) is 0 Å². The van der Waals surface area contributed by atoms with Crippen molar-refractivity contribution >= 4 is 11.3 Å². The van der Waals surface area contributed by atoms with Crippen LogP contribution in [-0.2, 0) is 6.42 Å². The van der Waals surface area contributed by atoms with E-state index in [9.17, 15) is 0 Å². The highest BCUT2D eigenvalue weighted by Gasteiger charge is 2.15. The zero-order chi connectivity index (χ0) is 14.0. The molecule has 2 rings (SSSR count). The maximum atomic E-state index is 6.23. The van der Waals surface area contributed by atoms with E-state index in [1.54, 1.807) is 18.4 Å². The number of nitrogens with zero attached hydrogens (tertiary/aromatic N) is 2. The second-order valence-electron chi connectivity index (χ2n) is 4.64. The summed E-state index contributed by atoms with van der Waals surface area (Å²) in [6.07, 6.45) is 4.39. The minimum atomic E-state index is -0.0650. The first-order chi connectivity index (χ1) is 9.02. The van der Waals surface area contributed by atoms with Gasteiger partial charge in [-0.1, -0.05) is 0 Å². The zero-order valence-corrected chi connectivity index (χ0v) is 12.5. The molecule has 0 amide bonds. The molecule has 0 aromatic carbocycles. The summed E-state index contributed by atoms with van der Waals surface area (Å²) in [4.78, 5) is 9.82. The minimum Gasteiger partial charge on any atom is -0.496 e. The minimum absolute atomic E-state index is 0.0650. The van der Waals surface area contributed by atoms with Crippen LogP contribution in [0.15, 0.2) is 12.4 Å². The summed E-state index contributed by atoms with van der Waals surface area (Å²) < 4.78 is 5.42. The quantitative estimate of drug-likeness (QED) is 0.933. The molecule has 0 radical (unpaired) electrons. The number of ether oxygens (including phenoxy) is 1. The van der Waals surface area contributed by atoms with Crippen LogP contribution in [0.2, 0.25) is 0 Å². The SMILES string of the molecule is COc1c(C)cnc(CC(N)c2cnc(C)s2)c1C. The van der Waals surface area contributed by atoms with Gasteiger partial charge in [-0.05, 0) is 20.8 Å². The second-order valence-corrected chi connectivity index (χ2v) is 5.90.